The van der Waals surface area contributed by atoms with E-state index in [0.29, 0.717) is 9.97 Å². The Balaban J connectivity index is 2.07. The fourth-order valence-electron chi connectivity index (χ4n) is 2.90. The Morgan fingerprint density at radius 1 is 1.47 bits per heavy atom. The zero-order chi connectivity index (χ0) is 12.0. The predicted octanol–water partition coefficient (Wildman–Crippen LogP) is 1.98. The second-order valence-corrected chi connectivity index (χ2v) is 6.65. The molecule has 1 aromatic carbocycles. The first kappa shape index (κ1) is 11.5. The number of halogens is 1. The second kappa shape index (κ2) is 4.24. The summed E-state index contributed by atoms with van der Waals surface area (Å²) in [7, 11) is 0. The highest BCUT2D eigenvalue weighted by molar-refractivity contribution is 14.1. The molecule has 3 nitrogen and oxygen atoms in total. The molecule has 1 N–H and O–H groups in total. The van der Waals surface area contributed by atoms with Crippen LogP contribution in [0.25, 0.3) is 0 Å². The number of carbonyl (C=O) groups is 1. The molecule has 4 heteroatoms. The molecule has 3 unspecified atom stereocenters. The monoisotopic (exact) mass is 342 g/mol. The molecule has 3 rings (SSSR count). The van der Waals surface area contributed by atoms with E-state index >= 15 is 0 Å². The van der Waals surface area contributed by atoms with E-state index in [2.05, 4.69) is 40.9 Å². The first-order valence-electron chi connectivity index (χ1n) is 5.97. The van der Waals surface area contributed by atoms with Crippen molar-refractivity contribution >= 4 is 28.5 Å². The standard InChI is InChI=1S/C13H15IN2O/c1-8(14)11-12-9-4-2-3-5-10(9)13(17)16(12)7-6-15-11/h2-5,8,11-12,15H,6-7H2,1H3. The molecule has 0 saturated carbocycles. The van der Waals surface area contributed by atoms with Crippen molar-refractivity contribution in [2.45, 2.75) is 22.9 Å². The normalized spacial score (nSPS) is 28.8. The molecule has 1 amide bonds. The number of fused-ring (bicyclic) bond motifs is 3. The largest absolute Gasteiger partial charge is 0.329 e. The van der Waals surface area contributed by atoms with Gasteiger partial charge in [0.05, 0.1) is 6.04 Å². The Kier molecular flexibility index (Phi) is 2.86. The Hall–Kier alpha value is -0.620. The molecule has 0 aliphatic carbocycles. The number of carbonyl (C=O) groups excluding carboxylic acids is 1. The number of piperazine rings is 1. The van der Waals surface area contributed by atoms with Crippen molar-refractivity contribution in [1.82, 2.24) is 10.2 Å². The fraction of sp³-hybridized carbons (Fsp3) is 0.462. The molecule has 0 spiro atoms. The summed E-state index contributed by atoms with van der Waals surface area (Å²) < 4.78 is 0.499. The molecule has 3 atom stereocenters. The van der Waals surface area contributed by atoms with Crippen molar-refractivity contribution in [3.8, 4) is 0 Å². The van der Waals surface area contributed by atoms with E-state index in [1.807, 2.05) is 23.1 Å². The average molecular weight is 342 g/mol. The molecule has 2 heterocycles. The maximum absolute atomic E-state index is 12.3. The smallest absolute Gasteiger partial charge is 0.254 e. The number of amides is 1. The summed E-state index contributed by atoms with van der Waals surface area (Å²) in [6.45, 7) is 3.92. The van der Waals surface area contributed by atoms with E-state index in [-0.39, 0.29) is 11.9 Å². The van der Waals surface area contributed by atoms with Gasteiger partial charge in [0.15, 0.2) is 0 Å². The molecule has 2 aliphatic rings. The highest BCUT2D eigenvalue weighted by atomic mass is 127. The van der Waals surface area contributed by atoms with Crippen LogP contribution in [0.1, 0.15) is 28.9 Å². The number of nitrogens with zero attached hydrogens (tertiary/aromatic N) is 1. The third kappa shape index (κ3) is 1.69. The number of benzene rings is 1. The van der Waals surface area contributed by atoms with Gasteiger partial charge in [0, 0.05) is 28.6 Å². The lowest BCUT2D eigenvalue weighted by molar-refractivity contribution is 0.0632. The lowest BCUT2D eigenvalue weighted by Gasteiger charge is -2.39. The molecule has 17 heavy (non-hydrogen) atoms. The van der Waals surface area contributed by atoms with Gasteiger partial charge in [-0.1, -0.05) is 47.7 Å². The van der Waals surface area contributed by atoms with Crippen LogP contribution in [-0.2, 0) is 0 Å². The van der Waals surface area contributed by atoms with Crippen molar-refractivity contribution in [2.75, 3.05) is 13.1 Å². The summed E-state index contributed by atoms with van der Waals surface area (Å²) >= 11 is 2.44. The van der Waals surface area contributed by atoms with Crippen molar-refractivity contribution < 1.29 is 4.79 Å². The molecular weight excluding hydrogens is 327 g/mol. The summed E-state index contributed by atoms with van der Waals surface area (Å²) in [5.74, 6) is 0.203. The fourth-order valence-corrected chi connectivity index (χ4v) is 3.55. The van der Waals surface area contributed by atoms with Crippen LogP contribution >= 0.6 is 22.6 Å². The third-order valence-corrected chi connectivity index (χ3v) is 4.45. The molecule has 0 aromatic heterocycles. The lowest BCUT2D eigenvalue weighted by Crippen LogP contribution is -2.54. The number of nitrogens with one attached hydrogen (secondary N) is 1. The Bertz CT molecular complexity index is 460. The van der Waals surface area contributed by atoms with Crippen LogP contribution in [0.5, 0.6) is 0 Å². The summed E-state index contributed by atoms with van der Waals surface area (Å²) in [5.41, 5.74) is 2.08. The van der Waals surface area contributed by atoms with Crippen LogP contribution in [-0.4, -0.2) is 33.9 Å². The van der Waals surface area contributed by atoms with Gasteiger partial charge in [-0.15, -0.1) is 0 Å². The minimum absolute atomic E-state index is 0.203. The van der Waals surface area contributed by atoms with Crippen LogP contribution in [0.15, 0.2) is 24.3 Å². The first-order valence-corrected chi connectivity index (χ1v) is 7.22. The molecule has 2 aliphatic heterocycles. The van der Waals surface area contributed by atoms with E-state index in [4.69, 9.17) is 0 Å². The van der Waals surface area contributed by atoms with Crippen molar-refractivity contribution in [1.29, 1.82) is 0 Å². The lowest BCUT2D eigenvalue weighted by atomic mass is 9.95. The van der Waals surface area contributed by atoms with Crippen LogP contribution in [0, 0.1) is 0 Å². The number of hydrogen-bond donors (Lipinski definition) is 1. The maximum Gasteiger partial charge on any atom is 0.254 e. The van der Waals surface area contributed by atoms with Gasteiger partial charge in [-0.3, -0.25) is 4.79 Å². The van der Waals surface area contributed by atoms with Crippen molar-refractivity contribution in [2.24, 2.45) is 0 Å². The van der Waals surface area contributed by atoms with Gasteiger partial charge in [-0.05, 0) is 11.6 Å². The zero-order valence-corrected chi connectivity index (χ0v) is 11.8. The number of rotatable bonds is 1. The Morgan fingerprint density at radius 2 is 2.24 bits per heavy atom. The minimum Gasteiger partial charge on any atom is -0.329 e. The molecule has 1 fully saturated rings. The van der Waals surface area contributed by atoms with E-state index in [9.17, 15) is 4.79 Å². The maximum atomic E-state index is 12.3. The highest BCUT2D eigenvalue weighted by Crippen LogP contribution is 2.39. The summed E-state index contributed by atoms with van der Waals surface area (Å²) in [4.78, 5) is 14.3. The molecule has 90 valence electrons. The number of alkyl halides is 1. The molecule has 0 bridgehead atoms. The van der Waals surface area contributed by atoms with Crippen LogP contribution in [0.3, 0.4) is 0 Å². The first-order chi connectivity index (χ1) is 8.20. The SMILES string of the molecule is CC(I)C1NCCN2C(=O)c3ccccc3C12. The third-order valence-electron chi connectivity index (χ3n) is 3.67. The number of hydrogen-bond acceptors (Lipinski definition) is 2. The zero-order valence-electron chi connectivity index (χ0n) is 9.69. The van der Waals surface area contributed by atoms with Crippen molar-refractivity contribution in [3.05, 3.63) is 35.4 Å². The topological polar surface area (TPSA) is 32.3 Å². The van der Waals surface area contributed by atoms with Gasteiger partial charge in [0.2, 0.25) is 0 Å². The molecule has 1 saturated heterocycles. The van der Waals surface area contributed by atoms with Gasteiger partial charge in [-0.25, -0.2) is 0 Å². The van der Waals surface area contributed by atoms with Gasteiger partial charge >= 0.3 is 0 Å². The van der Waals surface area contributed by atoms with Crippen molar-refractivity contribution in [3.63, 3.8) is 0 Å². The van der Waals surface area contributed by atoms with Gasteiger partial charge in [0.1, 0.15) is 0 Å². The predicted molar refractivity (Wildman–Crippen MR) is 75.5 cm³/mol. The van der Waals surface area contributed by atoms with Crippen LogP contribution in [0.4, 0.5) is 0 Å². The van der Waals surface area contributed by atoms with Crippen LogP contribution < -0.4 is 5.32 Å². The molecule has 0 radical (unpaired) electrons. The molecular formula is C13H15IN2O. The van der Waals surface area contributed by atoms with E-state index < -0.39 is 0 Å². The Morgan fingerprint density at radius 3 is 3.00 bits per heavy atom. The van der Waals surface area contributed by atoms with Gasteiger partial charge in [0.25, 0.3) is 5.91 Å². The minimum atomic E-state index is 0.203. The van der Waals surface area contributed by atoms with Crippen LogP contribution in [0.2, 0.25) is 0 Å². The summed E-state index contributed by atoms with van der Waals surface area (Å²) in [6, 6.07) is 8.60. The Labute approximate surface area is 115 Å². The van der Waals surface area contributed by atoms with E-state index in [1.54, 1.807) is 0 Å². The summed E-state index contributed by atoms with van der Waals surface area (Å²) in [6.07, 6.45) is 0. The quantitative estimate of drug-likeness (QED) is 0.625. The summed E-state index contributed by atoms with van der Waals surface area (Å²) in [5, 5.41) is 3.55. The average Bonchev–Trinajstić information content (AvgIpc) is 2.64. The van der Waals surface area contributed by atoms with Gasteiger partial charge in [-0.2, -0.15) is 0 Å². The van der Waals surface area contributed by atoms with Gasteiger partial charge < -0.3 is 10.2 Å². The second-order valence-electron chi connectivity index (χ2n) is 4.69. The molecule has 1 aromatic rings. The van der Waals surface area contributed by atoms with E-state index in [0.717, 1.165) is 18.7 Å². The highest BCUT2D eigenvalue weighted by Gasteiger charge is 2.44. The van der Waals surface area contributed by atoms with E-state index in [1.165, 1.54) is 5.56 Å².